The predicted octanol–water partition coefficient (Wildman–Crippen LogP) is 4.33. The molecule has 0 saturated carbocycles. The SMILES string of the molecule is CCNC(=O)[C@@H](C)N(Cc1ccc(Cl)c(Cl)c1)C(=O)CN(c1cccc(C(F)(F)F)c1)S(C)(=O)=O. The van der Waals surface area contributed by atoms with E-state index < -0.39 is 46.2 Å². The van der Waals surface area contributed by atoms with Crippen LogP contribution in [0.2, 0.25) is 10.0 Å². The van der Waals surface area contributed by atoms with E-state index in [0.717, 1.165) is 29.4 Å². The average Bonchev–Trinajstić information content (AvgIpc) is 2.76. The first-order valence-corrected chi connectivity index (χ1v) is 12.9. The molecule has 0 saturated heterocycles. The third kappa shape index (κ3) is 7.74. The van der Waals surface area contributed by atoms with Crippen molar-refractivity contribution in [1.29, 1.82) is 0 Å². The summed E-state index contributed by atoms with van der Waals surface area (Å²) >= 11 is 12.0. The van der Waals surface area contributed by atoms with Gasteiger partial charge in [0.1, 0.15) is 12.6 Å². The van der Waals surface area contributed by atoms with Gasteiger partial charge in [-0.25, -0.2) is 8.42 Å². The Morgan fingerprint density at radius 2 is 1.74 bits per heavy atom. The van der Waals surface area contributed by atoms with Gasteiger partial charge in [0.05, 0.1) is 27.6 Å². The molecule has 0 aliphatic heterocycles. The second-order valence-corrected chi connectivity index (χ2v) is 10.4. The summed E-state index contributed by atoms with van der Waals surface area (Å²) in [6, 6.07) is 7.19. The molecule has 0 radical (unpaired) electrons. The molecular formula is C22H24Cl2F3N3O4S. The zero-order chi connectivity index (χ0) is 26.6. The first kappa shape index (κ1) is 28.7. The molecule has 7 nitrogen and oxygen atoms in total. The second kappa shape index (κ2) is 11.5. The fourth-order valence-corrected chi connectivity index (χ4v) is 4.35. The number of anilines is 1. The van der Waals surface area contributed by atoms with Gasteiger partial charge >= 0.3 is 6.18 Å². The molecule has 35 heavy (non-hydrogen) atoms. The number of sulfonamides is 1. The van der Waals surface area contributed by atoms with Crippen molar-refractivity contribution in [2.75, 3.05) is 23.7 Å². The van der Waals surface area contributed by atoms with Gasteiger partial charge in [-0.1, -0.05) is 35.3 Å². The Labute approximate surface area is 211 Å². The number of carbonyl (C=O) groups excluding carboxylic acids is 2. The molecule has 2 rings (SSSR count). The molecule has 0 aliphatic rings. The summed E-state index contributed by atoms with van der Waals surface area (Å²) in [5.74, 6) is -1.30. The maximum atomic E-state index is 13.3. The van der Waals surface area contributed by atoms with Crippen LogP contribution in [0.3, 0.4) is 0 Å². The van der Waals surface area contributed by atoms with E-state index in [9.17, 15) is 31.2 Å². The summed E-state index contributed by atoms with van der Waals surface area (Å²) in [5, 5.41) is 3.08. The lowest BCUT2D eigenvalue weighted by molar-refractivity contribution is -0.139. The first-order valence-electron chi connectivity index (χ1n) is 10.3. The standard InChI is InChI=1S/C22H24Cl2F3N3O4S/c1-4-28-21(32)14(2)29(12-15-8-9-18(23)19(24)10-15)20(31)13-30(35(3,33)34)17-7-5-6-16(11-17)22(25,26)27/h5-11,14H,4,12-13H2,1-3H3,(H,28,32)/t14-/m1/s1. The number of hydrogen-bond donors (Lipinski definition) is 1. The fraction of sp³-hybridized carbons (Fsp3) is 0.364. The van der Waals surface area contributed by atoms with E-state index in [1.807, 2.05) is 0 Å². The Bertz CT molecular complexity index is 1190. The minimum absolute atomic E-state index is 0.131. The summed E-state index contributed by atoms with van der Waals surface area (Å²) < 4.78 is 65.0. The van der Waals surface area contributed by atoms with E-state index in [1.165, 1.54) is 19.1 Å². The Balaban J connectivity index is 2.45. The van der Waals surface area contributed by atoms with Crippen molar-refractivity contribution in [3.05, 3.63) is 63.6 Å². The highest BCUT2D eigenvalue weighted by molar-refractivity contribution is 7.92. The number of alkyl halides is 3. The van der Waals surface area contributed by atoms with Crippen LogP contribution in [0, 0.1) is 0 Å². The van der Waals surface area contributed by atoms with Crippen LogP contribution < -0.4 is 9.62 Å². The summed E-state index contributed by atoms with van der Waals surface area (Å²) in [6.07, 6.45) is -3.94. The molecule has 0 bridgehead atoms. The monoisotopic (exact) mass is 553 g/mol. The number of halogens is 5. The van der Waals surface area contributed by atoms with Crippen molar-refractivity contribution in [2.24, 2.45) is 0 Å². The van der Waals surface area contributed by atoms with E-state index in [1.54, 1.807) is 13.0 Å². The summed E-state index contributed by atoms with van der Waals surface area (Å²) in [7, 11) is -4.17. The Hall–Kier alpha value is -2.50. The molecule has 0 aromatic heterocycles. The highest BCUT2D eigenvalue weighted by atomic mass is 35.5. The third-order valence-corrected chi connectivity index (χ3v) is 6.88. The topological polar surface area (TPSA) is 86.8 Å². The number of hydrogen-bond acceptors (Lipinski definition) is 4. The van der Waals surface area contributed by atoms with Gasteiger partial charge in [0.25, 0.3) is 0 Å². The minimum atomic E-state index is -4.71. The molecule has 2 aromatic rings. The van der Waals surface area contributed by atoms with Crippen molar-refractivity contribution in [3.63, 3.8) is 0 Å². The maximum absolute atomic E-state index is 13.3. The lowest BCUT2D eigenvalue weighted by Gasteiger charge is -2.31. The summed E-state index contributed by atoms with van der Waals surface area (Å²) in [5.41, 5.74) is -0.899. The van der Waals surface area contributed by atoms with Gasteiger partial charge < -0.3 is 10.2 Å². The molecule has 1 atom stereocenters. The van der Waals surface area contributed by atoms with E-state index in [0.29, 0.717) is 15.9 Å². The molecule has 0 heterocycles. The van der Waals surface area contributed by atoms with Crippen molar-refractivity contribution in [2.45, 2.75) is 32.6 Å². The van der Waals surface area contributed by atoms with Crippen LogP contribution in [0.15, 0.2) is 42.5 Å². The maximum Gasteiger partial charge on any atom is 0.416 e. The molecule has 0 aliphatic carbocycles. The average molecular weight is 554 g/mol. The molecule has 0 spiro atoms. The number of nitrogens with zero attached hydrogens (tertiary/aromatic N) is 2. The quantitative estimate of drug-likeness (QED) is 0.500. The molecule has 0 unspecified atom stereocenters. The van der Waals surface area contributed by atoms with Crippen molar-refractivity contribution in [3.8, 4) is 0 Å². The summed E-state index contributed by atoms with van der Waals surface area (Å²) in [4.78, 5) is 26.9. The Morgan fingerprint density at radius 3 is 2.29 bits per heavy atom. The highest BCUT2D eigenvalue weighted by Crippen LogP contribution is 2.32. The molecule has 192 valence electrons. The van der Waals surface area contributed by atoms with Gasteiger partial charge in [-0.15, -0.1) is 0 Å². The van der Waals surface area contributed by atoms with Gasteiger partial charge in [-0.05, 0) is 49.7 Å². The zero-order valence-electron chi connectivity index (χ0n) is 19.1. The van der Waals surface area contributed by atoms with E-state index >= 15 is 0 Å². The molecule has 13 heteroatoms. The number of amides is 2. The number of carbonyl (C=O) groups is 2. The van der Waals surface area contributed by atoms with Crippen LogP contribution in [0.1, 0.15) is 25.0 Å². The van der Waals surface area contributed by atoms with Crippen molar-refractivity contribution >= 4 is 50.7 Å². The van der Waals surface area contributed by atoms with Gasteiger partial charge in [0.15, 0.2) is 0 Å². The molecular weight excluding hydrogens is 530 g/mol. The van der Waals surface area contributed by atoms with Gasteiger partial charge in [-0.3, -0.25) is 13.9 Å². The van der Waals surface area contributed by atoms with Gasteiger partial charge in [0.2, 0.25) is 21.8 Å². The third-order valence-electron chi connectivity index (χ3n) is 5.00. The lowest BCUT2D eigenvalue weighted by atomic mass is 10.1. The van der Waals surface area contributed by atoms with Crippen LogP contribution in [0.5, 0.6) is 0 Å². The first-order chi connectivity index (χ1) is 16.1. The van der Waals surface area contributed by atoms with Crippen LogP contribution in [-0.4, -0.2) is 50.5 Å². The van der Waals surface area contributed by atoms with Crippen LogP contribution in [-0.2, 0) is 32.3 Å². The molecule has 0 fully saturated rings. The number of rotatable bonds is 9. The fourth-order valence-electron chi connectivity index (χ4n) is 3.19. The van der Waals surface area contributed by atoms with Crippen molar-refractivity contribution in [1.82, 2.24) is 10.2 Å². The van der Waals surface area contributed by atoms with Crippen LogP contribution in [0.25, 0.3) is 0 Å². The smallest absolute Gasteiger partial charge is 0.355 e. The van der Waals surface area contributed by atoms with E-state index in [4.69, 9.17) is 23.2 Å². The van der Waals surface area contributed by atoms with Crippen LogP contribution in [0.4, 0.5) is 18.9 Å². The highest BCUT2D eigenvalue weighted by Gasteiger charge is 2.33. The van der Waals surface area contributed by atoms with Gasteiger partial charge in [-0.2, -0.15) is 13.2 Å². The second-order valence-electron chi connectivity index (χ2n) is 7.66. The van der Waals surface area contributed by atoms with Crippen molar-refractivity contribution < 1.29 is 31.2 Å². The van der Waals surface area contributed by atoms with E-state index in [2.05, 4.69) is 5.32 Å². The van der Waals surface area contributed by atoms with E-state index in [-0.39, 0.29) is 28.8 Å². The Morgan fingerprint density at radius 1 is 1.09 bits per heavy atom. The number of likely N-dealkylation sites (N-methyl/N-ethyl adjacent to an activating group) is 1. The van der Waals surface area contributed by atoms with Gasteiger partial charge in [0, 0.05) is 13.1 Å². The minimum Gasteiger partial charge on any atom is -0.355 e. The molecule has 2 amide bonds. The largest absolute Gasteiger partial charge is 0.416 e. The lowest BCUT2D eigenvalue weighted by Crippen LogP contribution is -2.51. The zero-order valence-corrected chi connectivity index (χ0v) is 21.4. The summed E-state index contributed by atoms with van der Waals surface area (Å²) in [6.45, 7) is 2.47. The Kier molecular flexibility index (Phi) is 9.43. The molecule has 1 N–H and O–H groups in total. The molecule has 2 aromatic carbocycles. The normalized spacial score (nSPS) is 12.7. The van der Waals surface area contributed by atoms with Crippen LogP contribution >= 0.6 is 23.2 Å². The number of nitrogens with one attached hydrogen (secondary N) is 1. The number of benzene rings is 2. The predicted molar refractivity (Wildman–Crippen MR) is 129 cm³/mol.